The van der Waals surface area contributed by atoms with Crippen LogP contribution in [0.3, 0.4) is 0 Å². The molecule has 0 aromatic heterocycles. The van der Waals surface area contributed by atoms with Gasteiger partial charge in [-0.15, -0.1) is 0 Å². The van der Waals surface area contributed by atoms with E-state index in [1.165, 1.54) is 38.5 Å². The van der Waals surface area contributed by atoms with Gasteiger partial charge < -0.3 is 9.64 Å². The second-order valence-electron chi connectivity index (χ2n) is 13.0. The molecule has 4 fully saturated rings. The lowest BCUT2D eigenvalue weighted by Gasteiger charge is -2.62. The molecule has 4 rings (SSSR count). The van der Waals surface area contributed by atoms with Crippen LogP contribution in [0.4, 0.5) is 0 Å². The summed E-state index contributed by atoms with van der Waals surface area (Å²) in [5, 5.41) is 0. The Morgan fingerprint density at radius 3 is 2.42 bits per heavy atom. The fraction of sp³-hybridized carbons (Fsp3) is 0.926. The SMILES string of the molecule is CC(COC(=O)C(C)(C)C)[C@H]1CC[C@H]2[C@@H]3CCC4N(C)C(=O)CC[C@]4(C)[C@H]3CC[C@]12C. The standard InChI is InChI=1S/C27H45NO3/c1-17(16-31-24(30)25(2,3)4)19-9-10-20-18-8-11-22-27(6,15-13-23(29)28(22)7)21(18)12-14-26(19,20)5/h17-22H,8-16H2,1-7H3/t17?,18-,19+,20-,21-,22?,26+,27+/m0/s1. The van der Waals surface area contributed by atoms with E-state index in [4.69, 9.17) is 4.74 Å². The van der Waals surface area contributed by atoms with Gasteiger partial charge in [0.25, 0.3) is 0 Å². The maximum absolute atomic E-state index is 12.4. The highest BCUT2D eigenvalue weighted by molar-refractivity contribution is 5.77. The minimum atomic E-state index is -0.428. The third kappa shape index (κ3) is 3.64. The Kier molecular flexibility index (Phi) is 5.79. The number of ether oxygens (including phenoxy) is 1. The zero-order valence-electron chi connectivity index (χ0n) is 21.0. The second-order valence-corrected chi connectivity index (χ2v) is 13.0. The number of amides is 1. The van der Waals surface area contributed by atoms with Gasteiger partial charge in [0, 0.05) is 19.5 Å². The number of carbonyl (C=O) groups excluding carboxylic acids is 2. The Bertz CT molecular complexity index is 726. The number of hydrogen-bond acceptors (Lipinski definition) is 3. The Labute approximate surface area is 189 Å². The lowest BCUT2D eigenvalue weighted by Crippen LogP contribution is -2.61. The molecule has 4 heteroatoms. The molecule has 1 saturated heterocycles. The van der Waals surface area contributed by atoms with Crippen molar-refractivity contribution in [3.63, 3.8) is 0 Å². The van der Waals surface area contributed by atoms with Crippen molar-refractivity contribution in [2.45, 2.75) is 99.0 Å². The fourth-order valence-corrected chi connectivity index (χ4v) is 8.67. The van der Waals surface area contributed by atoms with Crippen LogP contribution in [0, 0.1) is 45.8 Å². The number of rotatable bonds is 3. The zero-order chi connectivity index (χ0) is 22.8. The number of piperidine rings is 1. The number of likely N-dealkylation sites (tertiary alicyclic amines) is 1. The summed E-state index contributed by atoms with van der Waals surface area (Å²) in [5.41, 5.74) is 0.232. The van der Waals surface area contributed by atoms with Gasteiger partial charge in [-0.3, -0.25) is 9.59 Å². The number of esters is 1. The average Bonchev–Trinajstić information content (AvgIpc) is 3.05. The molecule has 0 aromatic carbocycles. The van der Waals surface area contributed by atoms with Gasteiger partial charge >= 0.3 is 5.97 Å². The van der Waals surface area contributed by atoms with Crippen molar-refractivity contribution in [1.82, 2.24) is 4.90 Å². The maximum atomic E-state index is 12.4. The van der Waals surface area contributed by atoms with Crippen molar-refractivity contribution < 1.29 is 14.3 Å². The third-order valence-corrected chi connectivity index (χ3v) is 10.4. The first-order chi connectivity index (χ1) is 14.4. The van der Waals surface area contributed by atoms with Gasteiger partial charge in [-0.2, -0.15) is 0 Å². The first-order valence-corrected chi connectivity index (χ1v) is 12.8. The molecule has 1 aliphatic heterocycles. The Morgan fingerprint density at radius 1 is 1.06 bits per heavy atom. The van der Waals surface area contributed by atoms with Crippen molar-refractivity contribution in [2.24, 2.45) is 45.8 Å². The van der Waals surface area contributed by atoms with Crippen molar-refractivity contribution >= 4 is 11.9 Å². The van der Waals surface area contributed by atoms with E-state index in [0.29, 0.717) is 41.2 Å². The van der Waals surface area contributed by atoms with E-state index in [9.17, 15) is 9.59 Å². The van der Waals surface area contributed by atoms with Gasteiger partial charge in [0.05, 0.1) is 12.0 Å². The molecular weight excluding hydrogens is 386 g/mol. The molecule has 2 unspecified atom stereocenters. The van der Waals surface area contributed by atoms with Gasteiger partial charge in [-0.1, -0.05) is 20.8 Å². The number of hydrogen-bond donors (Lipinski definition) is 0. The second kappa shape index (κ2) is 7.76. The minimum absolute atomic E-state index is 0.0787. The average molecular weight is 432 g/mol. The van der Waals surface area contributed by atoms with Crippen molar-refractivity contribution in [1.29, 1.82) is 0 Å². The number of fused-ring (bicyclic) bond motifs is 5. The highest BCUT2D eigenvalue weighted by Crippen LogP contribution is 2.67. The summed E-state index contributed by atoms with van der Waals surface area (Å²) in [4.78, 5) is 26.8. The highest BCUT2D eigenvalue weighted by atomic mass is 16.5. The first-order valence-electron chi connectivity index (χ1n) is 12.8. The predicted molar refractivity (Wildman–Crippen MR) is 123 cm³/mol. The Hall–Kier alpha value is -1.06. The lowest BCUT2D eigenvalue weighted by atomic mass is 9.46. The van der Waals surface area contributed by atoms with Crippen LogP contribution < -0.4 is 0 Å². The largest absolute Gasteiger partial charge is 0.465 e. The first kappa shape index (κ1) is 23.1. The number of carbonyl (C=O) groups is 2. The van der Waals surface area contributed by atoms with Gasteiger partial charge in [-0.25, -0.2) is 0 Å². The van der Waals surface area contributed by atoms with Crippen LogP contribution in [0.2, 0.25) is 0 Å². The maximum Gasteiger partial charge on any atom is 0.311 e. The zero-order valence-corrected chi connectivity index (χ0v) is 21.0. The van der Waals surface area contributed by atoms with Crippen molar-refractivity contribution in [3.8, 4) is 0 Å². The van der Waals surface area contributed by atoms with Crippen LogP contribution in [0.25, 0.3) is 0 Å². The molecule has 0 radical (unpaired) electrons. The summed E-state index contributed by atoms with van der Waals surface area (Å²) in [5.74, 6) is 3.68. The molecule has 176 valence electrons. The molecule has 31 heavy (non-hydrogen) atoms. The van der Waals surface area contributed by atoms with Crippen molar-refractivity contribution in [3.05, 3.63) is 0 Å². The van der Waals surface area contributed by atoms with Crippen LogP contribution in [0.5, 0.6) is 0 Å². The summed E-state index contributed by atoms with van der Waals surface area (Å²) in [6.07, 6.45) is 9.46. The lowest BCUT2D eigenvalue weighted by molar-refractivity contribution is -0.160. The molecule has 1 heterocycles. The summed E-state index contributed by atoms with van der Waals surface area (Å²) in [6.45, 7) is 13.7. The highest BCUT2D eigenvalue weighted by Gasteiger charge is 2.61. The topological polar surface area (TPSA) is 46.6 Å². The molecule has 3 saturated carbocycles. The van der Waals surface area contributed by atoms with E-state index in [0.717, 1.165) is 30.6 Å². The van der Waals surface area contributed by atoms with Crippen LogP contribution in [0.1, 0.15) is 92.9 Å². The molecule has 0 bridgehead atoms. The summed E-state index contributed by atoms with van der Waals surface area (Å²) in [6, 6.07) is 0.437. The summed E-state index contributed by atoms with van der Waals surface area (Å²) < 4.78 is 5.74. The third-order valence-electron chi connectivity index (χ3n) is 10.4. The van der Waals surface area contributed by atoms with Gasteiger partial charge in [-0.05, 0) is 106 Å². The van der Waals surface area contributed by atoms with E-state index in [1.807, 2.05) is 27.8 Å². The molecule has 4 aliphatic rings. The van der Waals surface area contributed by atoms with Gasteiger partial charge in [0.15, 0.2) is 0 Å². The monoisotopic (exact) mass is 431 g/mol. The molecular formula is C27H45NO3. The van der Waals surface area contributed by atoms with Crippen LogP contribution in [-0.2, 0) is 14.3 Å². The molecule has 1 amide bonds. The Balaban J connectivity index is 1.48. The van der Waals surface area contributed by atoms with Gasteiger partial charge in [0.1, 0.15) is 0 Å². The Morgan fingerprint density at radius 2 is 1.74 bits per heavy atom. The summed E-state index contributed by atoms with van der Waals surface area (Å²) in [7, 11) is 2.05. The van der Waals surface area contributed by atoms with E-state index in [1.54, 1.807) is 0 Å². The minimum Gasteiger partial charge on any atom is -0.465 e. The molecule has 0 aromatic rings. The molecule has 4 nitrogen and oxygen atoms in total. The van der Waals surface area contributed by atoms with Crippen LogP contribution >= 0.6 is 0 Å². The van der Waals surface area contributed by atoms with Gasteiger partial charge in [0.2, 0.25) is 5.91 Å². The molecule has 8 atom stereocenters. The number of nitrogens with zero attached hydrogens (tertiary/aromatic N) is 1. The molecule has 0 spiro atoms. The predicted octanol–water partition coefficient (Wildman–Crippen LogP) is 5.69. The van der Waals surface area contributed by atoms with Crippen LogP contribution in [-0.4, -0.2) is 36.5 Å². The van der Waals surface area contributed by atoms with E-state index in [2.05, 4.69) is 25.7 Å². The van der Waals surface area contributed by atoms with E-state index >= 15 is 0 Å². The van der Waals surface area contributed by atoms with E-state index < -0.39 is 5.41 Å². The smallest absolute Gasteiger partial charge is 0.311 e. The van der Waals surface area contributed by atoms with Crippen molar-refractivity contribution in [2.75, 3.05) is 13.7 Å². The molecule has 3 aliphatic carbocycles. The molecule has 0 N–H and O–H groups in total. The van der Waals surface area contributed by atoms with E-state index in [-0.39, 0.29) is 5.97 Å². The normalized spacial score (nSPS) is 43.6. The quantitative estimate of drug-likeness (QED) is 0.539. The summed E-state index contributed by atoms with van der Waals surface area (Å²) >= 11 is 0. The fourth-order valence-electron chi connectivity index (χ4n) is 8.67. The van der Waals surface area contributed by atoms with Crippen LogP contribution in [0.15, 0.2) is 0 Å².